The molecule has 0 heterocycles. The summed E-state index contributed by atoms with van der Waals surface area (Å²) in [6.45, 7) is 4.69. The molecule has 0 unspecified atom stereocenters. The molecule has 2 amide bonds. The van der Waals surface area contributed by atoms with Crippen LogP contribution in [-0.2, 0) is 21.4 Å². The zero-order valence-corrected chi connectivity index (χ0v) is 19.8. The molecule has 0 saturated carbocycles. The molecule has 0 aliphatic heterocycles. The van der Waals surface area contributed by atoms with Crippen molar-refractivity contribution in [1.82, 2.24) is 10.2 Å². The maximum atomic E-state index is 12.8. The van der Waals surface area contributed by atoms with Gasteiger partial charge in [-0.1, -0.05) is 6.07 Å². The van der Waals surface area contributed by atoms with Crippen molar-refractivity contribution in [2.24, 2.45) is 0 Å². The number of rotatable bonds is 11. The van der Waals surface area contributed by atoms with Gasteiger partial charge in [-0.05, 0) is 55.8 Å². The number of amides is 2. The van der Waals surface area contributed by atoms with Gasteiger partial charge in [0, 0.05) is 26.2 Å². The van der Waals surface area contributed by atoms with Crippen molar-refractivity contribution in [2.75, 3.05) is 34.5 Å². The number of carbonyl (C=O) groups excluding carboxylic acids is 1. The third-order valence-corrected chi connectivity index (χ3v) is 5.66. The quantitative estimate of drug-likeness (QED) is 0.508. The second-order valence-electron chi connectivity index (χ2n) is 7.22. The Kier molecular flexibility index (Phi) is 9.15. The smallest absolute Gasteiger partial charge is 0.339 e. The SMILES string of the molecule is COCCN(Cc1ccc(OC)c(OS(=O)(=O)c2ccc(OC)cc2)c1)C(=O)NC(C)C. The fourth-order valence-corrected chi connectivity index (χ4v) is 3.74. The van der Waals surface area contributed by atoms with E-state index in [1.807, 2.05) is 13.8 Å². The van der Waals surface area contributed by atoms with E-state index in [4.69, 9.17) is 18.4 Å². The fraction of sp³-hybridized carbons (Fsp3) is 0.409. The zero-order chi connectivity index (χ0) is 23.7. The summed E-state index contributed by atoms with van der Waals surface area (Å²) in [5.41, 5.74) is 0.667. The van der Waals surface area contributed by atoms with Crippen molar-refractivity contribution in [3.8, 4) is 17.2 Å². The lowest BCUT2D eigenvalue weighted by Crippen LogP contribution is -2.43. The van der Waals surface area contributed by atoms with E-state index >= 15 is 0 Å². The Hall–Kier alpha value is -2.98. The number of hydrogen-bond donors (Lipinski definition) is 1. The van der Waals surface area contributed by atoms with Crippen molar-refractivity contribution in [3.05, 3.63) is 48.0 Å². The first-order valence-electron chi connectivity index (χ1n) is 10.00. The van der Waals surface area contributed by atoms with E-state index < -0.39 is 10.1 Å². The molecule has 2 aromatic carbocycles. The lowest BCUT2D eigenvalue weighted by atomic mass is 10.2. The van der Waals surface area contributed by atoms with Crippen LogP contribution in [0.25, 0.3) is 0 Å². The molecule has 176 valence electrons. The van der Waals surface area contributed by atoms with E-state index in [2.05, 4.69) is 5.32 Å². The van der Waals surface area contributed by atoms with Gasteiger partial charge in [0.2, 0.25) is 0 Å². The molecule has 0 atom stereocenters. The zero-order valence-electron chi connectivity index (χ0n) is 19.0. The first-order chi connectivity index (χ1) is 15.2. The molecular formula is C22H30N2O7S. The molecule has 0 aliphatic carbocycles. The molecule has 1 N–H and O–H groups in total. The number of hydrogen-bond acceptors (Lipinski definition) is 7. The topological polar surface area (TPSA) is 103 Å². The number of benzene rings is 2. The summed E-state index contributed by atoms with van der Waals surface area (Å²) in [5.74, 6) is 0.803. The fourth-order valence-electron chi connectivity index (χ4n) is 2.81. The minimum atomic E-state index is -4.11. The van der Waals surface area contributed by atoms with Gasteiger partial charge in [0.05, 0.1) is 20.8 Å². The minimum absolute atomic E-state index is 0.0243. The molecule has 0 saturated heterocycles. The van der Waals surface area contributed by atoms with Gasteiger partial charge in [-0.25, -0.2) is 4.79 Å². The summed E-state index contributed by atoms with van der Waals surface area (Å²) in [6, 6.07) is 10.5. The summed E-state index contributed by atoms with van der Waals surface area (Å²) in [4.78, 5) is 14.1. The van der Waals surface area contributed by atoms with Gasteiger partial charge in [0.25, 0.3) is 0 Å². The minimum Gasteiger partial charge on any atom is -0.497 e. The first kappa shape index (κ1) is 25.3. The Morgan fingerprint density at radius 1 is 1.00 bits per heavy atom. The molecule has 10 heteroatoms. The van der Waals surface area contributed by atoms with Crippen LogP contribution in [-0.4, -0.2) is 59.9 Å². The van der Waals surface area contributed by atoms with Crippen LogP contribution in [0.15, 0.2) is 47.4 Å². The molecule has 32 heavy (non-hydrogen) atoms. The molecule has 2 aromatic rings. The average molecular weight is 467 g/mol. The molecule has 0 spiro atoms. The molecule has 2 rings (SSSR count). The van der Waals surface area contributed by atoms with E-state index in [1.165, 1.54) is 38.5 Å². The van der Waals surface area contributed by atoms with Gasteiger partial charge in [-0.2, -0.15) is 8.42 Å². The summed E-state index contributed by atoms with van der Waals surface area (Å²) >= 11 is 0. The second-order valence-corrected chi connectivity index (χ2v) is 8.76. The monoisotopic (exact) mass is 466 g/mol. The van der Waals surface area contributed by atoms with Gasteiger partial charge in [0.1, 0.15) is 10.6 Å². The number of methoxy groups -OCH3 is 3. The van der Waals surface area contributed by atoms with Crippen LogP contribution in [0, 0.1) is 0 Å². The van der Waals surface area contributed by atoms with Gasteiger partial charge >= 0.3 is 16.1 Å². The predicted molar refractivity (Wildman–Crippen MR) is 120 cm³/mol. The molecule has 0 radical (unpaired) electrons. The van der Waals surface area contributed by atoms with Crippen molar-refractivity contribution >= 4 is 16.1 Å². The van der Waals surface area contributed by atoms with E-state index in [0.717, 1.165) is 0 Å². The molecule has 0 bridgehead atoms. The largest absolute Gasteiger partial charge is 0.497 e. The summed E-state index contributed by atoms with van der Waals surface area (Å²) in [5, 5.41) is 2.85. The maximum absolute atomic E-state index is 12.8. The highest BCUT2D eigenvalue weighted by atomic mass is 32.2. The van der Waals surface area contributed by atoms with Crippen LogP contribution in [0.5, 0.6) is 17.2 Å². The number of urea groups is 1. The Morgan fingerprint density at radius 2 is 1.69 bits per heavy atom. The Balaban J connectivity index is 2.29. The van der Waals surface area contributed by atoms with Crippen LogP contribution >= 0.6 is 0 Å². The van der Waals surface area contributed by atoms with E-state index in [9.17, 15) is 13.2 Å². The Labute approximate surface area is 189 Å². The van der Waals surface area contributed by atoms with E-state index in [-0.39, 0.29) is 35.0 Å². The third kappa shape index (κ3) is 7.03. The van der Waals surface area contributed by atoms with Crippen molar-refractivity contribution in [3.63, 3.8) is 0 Å². The summed E-state index contributed by atoms with van der Waals surface area (Å²) in [6.07, 6.45) is 0. The van der Waals surface area contributed by atoms with Gasteiger partial charge < -0.3 is 28.6 Å². The van der Waals surface area contributed by atoms with E-state index in [1.54, 1.807) is 30.2 Å². The lowest BCUT2D eigenvalue weighted by Gasteiger charge is -2.24. The molecule has 0 fully saturated rings. The van der Waals surface area contributed by atoms with Crippen LogP contribution in [0.2, 0.25) is 0 Å². The van der Waals surface area contributed by atoms with Crippen LogP contribution < -0.4 is 19.0 Å². The Bertz CT molecular complexity index is 992. The highest BCUT2D eigenvalue weighted by Crippen LogP contribution is 2.31. The average Bonchev–Trinajstić information content (AvgIpc) is 2.76. The number of ether oxygens (including phenoxy) is 3. The van der Waals surface area contributed by atoms with Gasteiger partial charge in [-0.15, -0.1) is 0 Å². The van der Waals surface area contributed by atoms with E-state index in [0.29, 0.717) is 24.5 Å². The van der Waals surface area contributed by atoms with Crippen molar-refractivity contribution in [1.29, 1.82) is 0 Å². The predicted octanol–water partition coefficient (Wildman–Crippen LogP) is 3.04. The Morgan fingerprint density at radius 3 is 2.25 bits per heavy atom. The lowest BCUT2D eigenvalue weighted by molar-refractivity contribution is 0.145. The van der Waals surface area contributed by atoms with Crippen molar-refractivity contribution in [2.45, 2.75) is 31.3 Å². The van der Waals surface area contributed by atoms with Crippen LogP contribution in [0.1, 0.15) is 19.4 Å². The molecule has 0 aliphatic rings. The summed E-state index contributed by atoms with van der Waals surface area (Å²) in [7, 11) is 0.360. The molecule has 9 nitrogen and oxygen atoms in total. The molecular weight excluding hydrogens is 436 g/mol. The van der Waals surface area contributed by atoms with Gasteiger partial charge in [-0.3, -0.25) is 0 Å². The third-order valence-electron chi connectivity index (χ3n) is 4.41. The standard InChI is InChI=1S/C22H30N2O7S/c1-16(2)23-22(25)24(12-13-28-3)15-17-6-11-20(30-5)21(14-17)31-32(26,27)19-9-7-18(29-4)8-10-19/h6-11,14,16H,12-13,15H2,1-5H3,(H,23,25). The van der Waals surface area contributed by atoms with Crippen LogP contribution in [0.4, 0.5) is 4.79 Å². The highest BCUT2D eigenvalue weighted by Gasteiger charge is 2.21. The number of nitrogens with one attached hydrogen (secondary N) is 1. The highest BCUT2D eigenvalue weighted by molar-refractivity contribution is 7.87. The second kappa shape index (κ2) is 11.6. The van der Waals surface area contributed by atoms with Gasteiger partial charge in [0.15, 0.2) is 11.5 Å². The molecule has 0 aromatic heterocycles. The summed E-state index contributed by atoms with van der Waals surface area (Å²) < 4.78 is 46.3. The van der Waals surface area contributed by atoms with Crippen LogP contribution in [0.3, 0.4) is 0 Å². The number of nitrogens with zero attached hydrogens (tertiary/aromatic N) is 1. The number of carbonyl (C=O) groups is 1. The normalized spacial score (nSPS) is 11.2. The maximum Gasteiger partial charge on any atom is 0.339 e. The van der Waals surface area contributed by atoms with Crippen molar-refractivity contribution < 1.29 is 31.6 Å². The first-order valence-corrected chi connectivity index (χ1v) is 11.4.